The van der Waals surface area contributed by atoms with Crippen LogP contribution in [0.1, 0.15) is 17.5 Å². The third-order valence-corrected chi connectivity index (χ3v) is 5.38. The molecule has 2 aromatic rings. The molecule has 0 atom stereocenters. The lowest BCUT2D eigenvalue weighted by Gasteiger charge is -2.34. The number of carbonyl (C=O) groups is 1. The van der Waals surface area contributed by atoms with Gasteiger partial charge in [-0.1, -0.05) is 24.3 Å². The molecule has 0 radical (unpaired) electrons. The molecule has 0 unspecified atom stereocenters. The Morgan fingerprint density at radius 2 is 1.75 bits per heavy atom. The highest BCUT2D eigenvalue weighted by Gasteiger charge is 2.19. The largest absolute Gasteiger partial charge is 0.454 e. The van der Waals surface area contributed by atoms with Crippen LogP contribution in [0.15, 0.2) is 42.5 Å². The lowest BCUT2D eigenvalue weighted by Crippen LogP contribution is -2.46. The molecule has 2 aliphatic heterocycles. The van der Waals surface area contributed by atoms with Crippen LogP contribution in [-0.4, -0.2) is 55.2 Å². The second kappa shape index (κ2) is 8.63. The van der Waals surface area contributed by atoms with Gasteiger partial charge in [0.2, 0.25) is 12.7 Å². The Balaban J connectivity index is 1.19. The van der Waals surface area contributed by atoms with E-state index in [-0.39, 0.29) is 5.91 Å². The van der Waals surface area contributed by atoms with Gasteiger partial charge in [0.25, 0.3) is 0 Å². The van der Waals surface area contributed by atoms with E-state index in [1.54, 1.807) is 0 Å². The Morgan fingerprint density at radius 1 is 1.00 bits per heavy atom. The van der Waals surface area contributed by atoms with Gasteiger partial charge in [-0.05, 0) is 36.2 Å². The van der Waals surface area contributed by atoms with Crippen LogP contribution >= 0.6 is 0 Å². The number of nitrogens with zero attached hydrogens (tertiary/aromatic N) is 2. The number of rotatable bonds is 6. The smallest absolute Gasteiger partial charge is 0.231 e. The van der Waals surface area contributed by atoms with Gasteiger partial charge in [-0.15, -0.1) is 0 Å². The molecule has 0 aliphatic carbocycles. The molecular weight excluding hydrogens is 354 g/mol. The van der Waals surface area contributed by atoms with Crippen molar-refractivity contribution >= 4 is 11.6 Å². The highest BCUT2D eigenvalue weighted by atomic mass is 16.7. The maximum atomic E-state index is 12.2. The molecule has 4 rings (SSSR count). The molecule has 148 valence electrons. The zero-order valence-electron chi connectivity index (χ0n) is 16.3. The number of aryl methyl sites for hydroxylation is 1. The summed E-state index contributed by atoms with van der Waals surface area (Å²) in [6, 6.07) is 14.1. The summed E-state index contributed by atoms with van der Waals surface area (Å²) in [6.45, 7) is 8.03. The number of hydrogen-bond acceptors (Lipinski definition) is 5. The number of carbonyl (C=O) groups excluding carboxylic acids is 1. The number of fused-ring (bicyclic) bond motifs is 1. The van der Waals surface area contributed by atoms with E-state index in [1.807, 2.05) is 37.3 Å². The van der Waals surface area contributed by atoms with Crippen molar-refractivity contribution < 1.29 is 14.3 Å². The van der Waals surface area contributed by atoms with Crippen molar-refractivity contribution in [2.45, 2.75) is 19.9 Å². The van der Waals surface area contributed by atoms with Gasteiger partial charge >= 0.3 is 0 Å². The van der Waals surface area contributed by atoms with Crippen molar-refractivity contribution in [3.63, 3.8) is 0 Å². The first-order chi connectivity index (χ1) is 13.7. The highest BCUT2D eigenvalue weighted by Crippen LogP contribution is 2.32. The number of amides is 1. The first kappa shape index (κ1) is 18.8. The first-order valence-corrected chi connectivity index (χ1v) is 9.86. The average molecular weight is 381 g/mol. The van der Waals surface area contributed by atoms with Crippen LogP contribution in [0.2, 0.25) is 0 Å². The summed E-state index contributed by atoms with van der Waals surface area (Å²) < 4.78 is 10.8. The van der Waals surface area contributed by atoms with Crippen LogP contribution in [-0.2, 0) is 11.3 Å². The summed E-state index contributed by atoms with van der Waals surface area (Å²) in [6.07, 6.45) is 0.524. The van der Waals surface area contributed by atoms with E-state index in [1.165, 1.54) is 5.56 Å². The van der Waals surface area contributed by atoms with Gasteiger partial charge in [-0.3, -0.25) is 9.69 Å². The molecule has 0 spiro atoms. The van der Waals surface area contributed by atoms with Crippen molar-refractivity contribution in [1.82, 2.24) is 9.80 Å². The van der Waals surface area contributed by atoms with Crippen LogP contribution < -0.4 is 14.8 Å². The van der Waals surface area contributed by atoms with Gasteiger partial charge < -0.3 is 19.7 Å². The van der Waals surface area contributed by atoms with E-state index in [2.05, 4.69) is 27.2 Å². The van der Waals surface area contributed by atoms with Crippen molar-refractivity contribution in [2.75, 3.05) is 44.8 Å². The van der Waals surface area contributed by atoms with Crippen LogP contribution in [0.25, 0.3) is 0 Å². The Labute approximate surface area is 166 Å². The second-order valence-corrected chi connectivity index (χ2v) is 7.42. The molecule has 2 heterocycles. The lowest BCUT2D eigenvalue weighted by molar-refractivity contribution is -0.116. The van der Waals surface area contributed by atoms with Crippen LogP contribution in [0.5, 0.6) is 11.5 Å². The van der Waals surface area contributed by atoms with E-state index >= 15 is 0 Å². The monoisotopic (exact) mass is 381 g/mol. The van der Waals surface area contributed by atoms with Gasteiger partial charge in [-0.2, -0.15) is 0 Å². The van der Waals surface area contributed by atoms with Gasteiger partial charge in [0.15, 0.2) is 11.5 Å². The van der Waals surface area contributed by atoms with Crippen LogP contribution in [0, 0.1) is 6.92 Å². The molecule has 0 saturated carbocycles. The van der Waals surface area contributed by atoms with Crippen molar-refractivity contribution in [2.24, 2.45) is 0 Å². The number of hydrogen-bond donors (Lipinski definition) is 1. The zero-order valence-corrected chi connectivity index (χ0v) is 16.3. The van der Waals surface area contributed by atoms with E-state index in [9.17, 15) is 4.79 Å². The summed E-state index contributed by atoms with van der Waals surface area (Å²) in [7, 11) is 0. The van der Waals surface area contributed by atoms with Crippen LogP contribution in [0.3, 0.4) is 0 Å². The lowest BCUT2D eigenvalue weighted by atomic mass is 10.1. The van der Waals surface area contributed by atoms with Gasteiger partial charge in [0, 0.05) is 51.4 Å². The first-order valence-electron chi connectivity index (χ1n) is 9.86. The maximum Gasteiger partial charge on any atom is 0.231 e. The number of anilines is 1. The van der Waals surface area contributed by atoms with E-state index in [4.69, 9.17) is 9.47 Å². The normalized spacial score (nSPS) is 16.9. The van der Waals surface area contributed by atoms with Gasteiger partial charge in [0.05, 0.1) is 0 Å². The van der Waals surface area contributed by atoms with E-state index in [0.29, 0.717) is 13.2 Å². The standard InChI is InChI=1S/C22H27N3O3/c1-17-4-2-3-5-19(17)23-22(26)8-9-24-10-12-25(13-11-24)15-18-6-7-20-21(14-18)28-16-27-20/h2-7,14H,8-13,15-16H2,1H3,(H,23,26). The Morgan fingerprint density at radius 3 is 2.57 bits per heavy atom. The molecule has 0 aromatic heterocycles. The number of benzene rings is 2. The minimum Gasteiger partial charge on any atom is -0.454 e. The van der Waals surface area contributed by atoms with Crippen molar-refractivity contribution in [3.8, 4) is 11.5 Å². The minimum atomic E-state index is 0.0806. The third-order valence-electron chi connectivity index (χ3n) is 5.38. The highest BCUT2D eigenvalue weighted by molar-refractivity contribution is 5.91. The summed E-state index contributed by atoms with van der Waals surface area (Å²) in [5.41, 5.74) is 3.24. The summed E-state index contributed by atoms with van der Waals surface area (Å²) >= 11 is 0. The minimum absolute atomic E-state index is 0.0806. The van der Waals surface area contributed by atoms with Gasteiger partial charge in [-0.25, -0.2) is 0 Å². The fraction of sp³-hybridized carbons (Fsp3) is 0.409. The number of ether oxygens (including phenoxy) is 2. The fourth-order valence-electron chi connectivity index (χ4n) is 3.65. The summed E-state index contributed by atoms with van der Waals surface area (Å²) in [5.74, 6) is 1.76. The molecule has 0 bridgehead atoms. The second-order valence-electron chi connectivity index (χ2n) is 7.42. The molecule has 6 nitrogen and oxygen atoms in total. The van der Waals surface area contributed by atoms with E-state index in [0.717, 1.165) is 62.0 Å². The van der Waals surface area contributed by atoms with Crippen LogP contribution in [0.4, 0.5) is 5.69 Å². The predicted molar refractivity (Wildman–Crippen MR) is 109 cm³/mol. The van der Waals surface area contributed by atoms with Crippen molar-refractivity contribution in [1.29, 1.82) is 0 Å². The maximum absolute atomic E-state index is 12.2. The molecule has 1 N–H and O–H groups in total. The molecule has 2 aromatic carbocycles. The molecule has 1 fully saturated rings. The van der Waals surface area contributed by atoms with Gasteiger partial charge in [0.1, 0.15) is 0 Å². The Bertz CT molecular complexity index is 832. The summed E-state index contributed by atoms with van der Waals surface area (Å²) in [5, 5.41) is 3.01. The quantitative estimate of drug-likeness (QED) is 0.834. The Hall–Kier alpha value is -2.57. The van der Waals surface area contributed by atoms with E-state index < -0.39 is 0 Å². The topological polar surface area (TPSA) is 54.0 Å². The predicted octanol–water partition coefficient (Wildman–Crippen LogP) is 2.87. The molecule has 1 amide bonds. The number of nitrogens with one attached hydrogen (secondary N) is 1. The number of piperazine rings is 1. The third kappa shape index (κ3) is 4.64. The van der Waals surface area contributed by atoms with Crippen molar-refractivity contribution in [3.05, 3.63) is 53.6 Å². The molecular formula is C22H27N3O3. The molecule has 1 saturated heterocycles. The SMILES string of the molecule is Cc1ccccc1NC(=O)CCN1CCN(Cc2ccc3c(c2)OCO3)CC1. The average Bonchev–Trinajstić information content (AvgIpc) is 3.17. The Kier molecular flexibility index (Phi) is 5.78. The molecule has 2 aliphatic rings. The summed E-state index contributed by atoms with van der Waals surface area (Å²) in [4.78, 5) is 17.1. The molecule has 28 heavy (non-hydrogen) atoms. The zero-order chi connectivity index (χ0) is 19.3. The number of para-hydroxylation sites is 1. The fourth-order valence-corrected chi connectivity index (χ4v) is 3.65. The molecule has 6 heteroatoms.